The molecule has 4 aromatic rings. The molecule has 0 heterocycles. The van der Waals surface area contributed by atoms with Gasteiger partial charge in [-0.3, -0.25) is 0 Å². The van der Waals surface area contributed by atoms with Crippen LogP contribution < -0.4 is 25.5 Å². The third-order valence-electron chi connectivity index (χ3n) is 11.4. The van der Waals surface area contributed by atoms with E-state index in [4.69, 9.17) is 0 Å². The Kier molecular flexibility index (Phi) is 19.3. The van der Waals surface area contributed by atoms with Crippen LogP contribution in [-0.2, 0) is 61.6 Å². The number of para-hydroxylation sites is 2. The zero-order valence-corrected chi connectivity index (χ0v) is 46.0. The second kappa shape index (κ2) is 21.6. The molecular formula is C55H81N2NdO5. The van der Waals surface area contributed by atoms with Gasteiger partial charge in [0.05, 0.1) is 24.6 Å². The van der Waals surface area contributed by atoms with Crippen LogP contribution in [0.2, 0.25) is 0 Å². The van der Waals surface area contributed by atoms with E-state index in [-0.39, 0.29) is 90.6 Å². The van der Waals surface area contributed by atoms with Crippen molar-refractivity contribution in [3.63, 3.8) is 0 Å². The SMILES string of the molecule is CC(C)(C)c1cc(CNc2ccccc2N(Cc2cc(C(C)(C)C)cc(C(C)(C)C)c2[O-])Cc2cc(C(C)(C)C)cc(C(C)(C)C)c2[O-])c([O-])c(C(C)(C)C)c1.COCCOC.[Nd+3]. The second-order valence-corrected chi connectivity index (χ2v) is 23.2. The van der Waals surface area contributed by atoms with Crippen LogP contribution in [0, 0.1) is 40.8 Å². The average Bonchev–Trinajstić information content (AvgIpc) is 3.12. The molecule has 0 aliphatic heterocycles. The third-order valence-corrected chi connectivity index (χ3v) is 11.4. The van der Waals surface area contributed by atoms with Crippen molar-refractivity contribution >= 4 is 11.4 Å². The third kappa shape index (κ3) is 15.4. The van der Waals surface area contributed by atoms with Crippen LogP contribution in [0.4, 0.5) is 11.4 Å². The molecule has 63 heavy (non-hydrogen) atoms. The molecule has 8 heteroatoms. The van der Waals surface area contributed by atoms with Crippen LogP contribution >= 0.6 is 0 Å². The Morgan fingerprint density at radius 3 is 1.10 bits per heavy atom. The van der Waals surface area contributed by atoms with Crippen molar-refractivity contribution in [2.24, 2.45) is 0 Å². The van der Waals surface area contributed by atoms with E-state index in [9.17, 15) is 15.3 Å². The Bertz CT molecular complexity index is 2030. The van der Waals surface area contributed by atoms with Crippen LogP contribution in [0.1, 0.15) is 175 Å². The van der Waals surface area contributed by atoms with Crippen LogP contribution in [0.3, 0.4) is 0 Å². The molecule has 0 amide bonds. The Morgan fingerprint density at radius 2 is 0.778 bits per heavy atom. The number of hydrogen-bond donors (Lipinski definition) is 1. The van der Waals surface area contributed by atoms with E-state index in [2.05, 4.69) is 187 Å². The van der Waals surface area contributed by atoms with Gasteiger partial charge in [0.2, 0.25) is 0 Å². The number of ether oxygens (including phenoxy) is 2. The van der Waals surface area contributed by atoms with Crippen molar-refractivity contribution in [2.75, 3.05) is 37.7 Å². The summed E-state index contributed by atoms with van der Waals surface area (Å²) in [7, 11) is 3.30. The predicted octanol–water partition coefficient (Wildman–Crippen LogP) is 11.8. The number of benzene rings is 4. The molecule has 0 fully saturated rings. The molecule has 0 saturated carbocycles. The van der Waals surface area contributed by atoms with Gasteiger partial charge in [0.15, 0.2) is 0 Å². The van der Waals surface area contributed by atoms with Gasteiger partial charge in [0.25, 0.3) is 0 Å². The molecule has 0 aromatic heterocycles. The number of methoxy groups -OCH3 is 2. The van der Waals surface area contributed by atoms with Crippen LogP contribution in [0.25, 0.3) is 0 Å². The van der Waals surface area contributed by atoms with E-state index in [0.717, 1.165) is 44.8 Å². The van der Waals surface area contributed by atoms with Crippen molar-refractivity contribution in [3.8, 4) is 17.2 Å². The fourth-order valence-electron chi connectivity index (χ4n) is 7.30. The maximum Gasteiger partial charge on any atom is 3.00 e. The van der Waals surface area contributed by atoms with Crippen LogP contribution in [-0.4, -0.2) is 27.4 Å². The van der Waals surface area contributed by atoms with E-state index >= 15 is 0 Å². The zero-order valence-electron chi connectivity index (χ0n) is 42.8. The molecule has 0 bridgehead atoms. The summed E-state index contributed by atoms with van der Waals surface area (Å²) in [4.78, 5) is 2.18. The van der Waals surface area contributed by atoms with Crippen molar-refractivity contribution < 1.29 is 65.6 Å². The number of nitrogens with zero attached hydrogens (tertiary/aromatic N) is 1. The first-order valence-electron chi connectivity index (χ1n) is 22.3. The number of rotatable bonds is 11. The first-order valence-corrected chi connectivity index (χ1v) is 22.3. The Morgan fingerprint density at radius 1 is 0.460 bits per heavy atom. The molecule has 1 N–H and O–H groups in total. The maximum atomic E-state index is 14.5. The van der Waals surface area contributed by atoms with Crippen LogP contribution in [0.5, 0.6) is 17.2 Å². The Hall–Kier alpha value is -2.85. The van der Waals surface area contributed by atoms with E-state index in [0.29, 0.717) is 49.5 Å². The van der Waals surface area contributed by atoms with Gasteiger partial charge >= 0.3 is 40.8 Å². The van der Waals surface area contributed by atoms with Crippen molar-refractivity contribution in [1.29, 1.82) is 0 Å². The molecule has 0 aliphatic carbocycles. The molecule has 345 valence electrons. The second-order valence-electron chi connectivity index (χ2n) is 23.2. The fourth-order valence-corrected chi connectivity index (χ4v) is 7.30. The molecule has 7 nitrogen and oxygen atoms in total. The first kappa shape index (κ1) is 56.3. The Labute approximate surface area is 416 Å². The predicted molar refractivity (Wildman–Crippen MR) is 257 cm³/mol. The van der Waals surface area contributed by atoms with E-state index < -0.39 is 0 Å². The number of hydrogen-bond acceptors (Lipinski definition) is 7. The quantitative estimate of drug-likeness (QED) is 0.149. The van der Waals surface area contributed by atoms with Crippen molar-refractivity contribution in [3.05, 3.63) is 111 Å². The maximum absolute atomic E-state index is 14.5. The summed E-state index contributed by atoms with van der Waals surface area (Å²) in [5.41, 5.74) is 8.01. The molecule has 0 atom stereocenters. The summed E-state index contributed by atoms with van der Waals surface area (Å²) in [6.45, 7) is 40.8. The summed E-state index contributed by atoms with van der Waals surface area (Å²) in [5, 5.41) is 46.6. The van der Waals surface area contributed by atoms with Gasteiger partial charge in [-0.25, -0.2) is 0 Å². The summed E-state index contributed by atoms with van der Waals surface area (Å²) < 4.78 is 9.31. The van der Waals surface area contributed by atoms with E-state index in [1.807, 2.05) is 18.2 Å². The van der Waals surface area contributed by atoms with Gasteiger partial charge in [-0.2, -0.15) is 0 Å². The summed E-state index contributed by atoms with van der Waals surface area (Å²) in [6.07, 6.45) is 0. The van der Waals surface area contributed by atoms with Gasteiger partial charge < -0.3 is 35.0 Å². The number of nitrogens with one attached hydrogen (secondary N) is 1. The van der Waals surface area contributed by atoms with E-state index in [1.54, 1.807) is 14.2 Å². The summed E-state index contributed by atoms with van der Waals surface area (Å²) >= 11 is 0. The standard InChI is InChI=1S/C51H74N2O3.C4H10O2.Nd/c1-46(2,3)35-23-32(43(54)38(26-35)49(10,11)12)29-52-41-21-19-20-22-42(41)53(30-33-24-36(47(4,5)6)27-39(44(33)55)50(13,14)15)31-34-25-37(48(7,8)9)28-40(45(34)56)51(16,17)18;1-5-3-4-6-2;/h19-28,52,54-56H,29-31H2,1-18H3;3-4H2,1-2H3;/q;;+3/p-3. The molecule has 0 aliphatic rings. The minimum absolute atomic E-state index is 0. The van der Waals surface area contributed by atoms with Crippen molar-refractivity contribution in [1.82, 2.24) is 0 Å². The van der Waals surface area contributed by atoms with Crippen LogP contribution in [0.15, 0.2) is 60.7 Å². The van der Waals surface area contributed by atoms with E-state index in [1.165, 1.54) is 0 Å². The molecular weight excluding hydrogens is 913 g/mol. The van der Waals surface area contributed by atoms with Gasteiger partial charge in [0.1, 0.15) is 0 Å². The van der Waals surface area contributed by atoms with Gasteiger partial charge in [-0.1, -0.05) is 173 Å². The minimum Gasteiger partial charge on any atom is -0.872 e. The number of anilines is 2. The molecule has 1 radical (unpaired) electrons. The average molecular weight is 995 g/mol. The van der Waals surface area contributed by atoms with Crippen molar-refractivity contribution in [2.45, 2.75) is 177 Å². The molecule has 4 aromatic carbocycles. The van der Waals surface area contributed by atoms with Gasteiger partial charge in [-0.05, 0) is 94.7 Å². The molecule has 0 spiro atoms. The first-order chi connectivity index (χ1) is 28.2. The minimum atomic E-state index is -0.355. The normalized spacial score (nSPS) is 12.6. The topological polar surface area (TPSA) is 103 Å². The largest absolute Gasteiger partial charge is 3.00 e. The molecule has 4 rings (SSSR count). The van der Waals surface area contributed by atoms with Gasteiger partial charge in [0, 0.05) is 33.9 Å². The monoisotopic (exact) mass is 992 g/mol. The van der Waals surface area contributed by atoms with Gasteiger partial charge in [-0.15, -0.1) is 17.2 Å². The summed E-state index contributed by atoms with van der Waals surface area (Å²) in [5.74, 6) is 0.125. The fraction of sp³-hybridized carbons (Fsp3) is 0.564. The molecule has 0 saturated heterocycles. The zero-order chi connectivity index (χ0) is 47.4. The summed E-state index contributed by atoms with van der Waals surface area (Å²) in [6, 6.07) is 20.5. The Balaban J connectivity index is 0.00000182. The smallest absolute Gasteiger partial charge is 0.872 e. The molecule has 0 unspecified atom stereocenters.